The second-order valence-corrected chi connectivity index (χ2v) is 7.25. The third-order valence-corrected chi connectivity index (χ3v) is 5.32. The highest BCUT2D eigenvalue weighted by Crippen LogP contribution is 2.33. The van der Waals surface area contributed by atoms with Crippen LogP contribution in [-0.4, -0.2) is 84.2 Å². The molecule has 0 saturated carbocycles. The number of carbonyl (C=O) groups excluding carboxylic acids is 1. The van der Waals surface area contributed by atoms with Crippen molar-refractivity contribution in [1.29, 1.82) is 0 Å². The van der Waals surface area contributed by atoms with Crippen molar-refractivity contribution in [3.63, 3.8) is 0 Å². The first kappa shape index (κ1) is 16.7. The summed E-state index contributed by atoms with van der Waals surface area (Å²) < 4.78 is 0. The van der Waals surface area contributed by atoms with E-state index in [0.29, 0.717) is 19.6 Å². The molecular weight excluding hydrogens is 266 g/mol. The average Bonchev–Trinajstić information content (AvgIpc) is 2.59. The molecule has 1 N–H and O–H groups in total. The lowest BCUT2D eigenvalue weighted by Gasteiger charge is -2.31. The molecular formula is C16H31N3O2. The summed E-state index contributed by atoms with van der Waals surface area (Å²) in [5.41, 5.74) is -0.728. The van der Waals surface area contributed by atoms with E-state index in [-0.39, 0.29) is 17.7 Å². The lowest BCUT2D eigenvalue weighted by Crippen LogP contribution is -2.45. The van der Waals surface area contributed by atoms with Gasteiger partial charge >= 0.3 is 0 Å². The van der Waals surface area contributed by atoms with Crippen LogP contribution in [-0.2, 0) is 4.79 Å². The maximum atomic E-state index is 12.5. The van der Waals surface area contributed by atoms with Gasteiger partial charge in [-0.25, -0.2) is 0 Å². The normalized spacial score (nSPS) is 32.7. The lowest BCUT2D eigenvalue weighted by molar-refractivity contribution is -0.132. The molecule has 0 unspecified atom stereocenters. The summed E-state index contributed by atoms with van der Waals surface area (Å²) in [6.45, 7) is 11.9. The minimum absolute atomic E-state index is 0.150. The predicted molar refractivity (Wildman–Crippen MR) is 84.1 cm³/mol. The Balaban J connectivity index is 1.90. The van der Waals surface area contributed by atoms with Crippen molar-refractivity contribution in [2.75, 3.05) is 52.9 Å². The van der Waals surface area contributed by atoms with Gasteiger partial charge in [0.05, 0.1) is 12.1 Å². The molecule has 2 fully saturated rings. The minimum Gasteiger partial charge on any atom is -0.387 e. The lowest BCUT2D eigenvalue weighted by atomic mass is 9.82. The first-order chi connectivity index (χ1) is 9.83. The molecule has 2 aliphatic heterocycles. The molecule has 21 heavy (non-hydrogen) atoms. The van der Waals surface area contributed by atoms with Crippen molar-refractivity contribution in [2.24, 2.45) is 11.8 Å². The molecule has 0 aromatic carbocycles. The zero-order chi connectivity index (χ0) is 15.6. The Kier molecular flexibility index (Phi) is 5.28. The molecule has 0 aromatic rings. The van der Waals surface area contributed by atoms with Gasteiger partial charge in [0.2, 0.25) is 5.91 Å². The van der Waals surface area contributed by atoms with Gasteiger partial charge in [0.25, 0.3) is 0 Å². The van der Waals surface area contributed by atoms with Gasteiger partial charge in [-0.1, -0.05) is 20.8 Å². The summed E-state index contributed by atoms with van der Waals surface area (Å²) in [6, 6.07) is 0. The van der Waals surface area contributed by atoms with Gasteiger partial charge in [-0.05, 0) is 32.5 Å². The number of carbonyl (C=O) groups is 1. The van der Waals surface area contributed by atoms with E-state index < -0.39 is 5.60 Å². The van der Waals surface area contributed by atoms with Gasteiger partial charge in [0.15, 0.2) is 0 Å². The molecule has 2 saturated heterocycles. The van der Waals surface area contributed by atoms with Crippen molar-refractivity contribution < 1.29 is 9.90 Å². The van der Waals surface area contributed by atoms with Crippen LogP contribution in [0.3, 0.4) is 0 Å². The van der Waals surface area contributed by atoms with E-state index in [1.165, 1.54) is 0 Å². The van der Waals surface area contributed by atoms with Crippen LogP contribution in [0, 0.1) is 11.8 Å². The number of hydrogen-bond donors (Lipinski definition) is 1. The van der Waals surface area contributed by atoms with Crippen LogP contribution in [0.1, 0.15) is 27.2 Å². The fourth-order valence-electron chi connectivity index (χ4n) is 3.51. The fraction of sp³-hybridized carbons (Fsp3) is 0.938. The topological polar surface area (TPSA) is 47.0 Å². The number of β-amino-alcohol motifs (C(OH)–C–C–N with tert-alkyl or cyclic N) is 1. The second kappa shape index (κ2) is 6.63. The van der Waals surface area contributed by atoms with Crippen LogP contribution < -0.4 is 0 Å². The number of likely N-dealkylation sites (N-methyl/N-ethyl adjacent to an activating group) is 1. The first-order valence-corrected chi connectivity index (χ1v) is 8.24. The van der Waals surface area contributed by atoms with Gasteiger partial charge < -0.3 is 14.9 Å². The van der Waals surface area contributed by atoms with Gasteiger partial charge in [-0.3, -0.25) is 9.69 Å². The molecule has 0 bridgehead atoms. The van der Waals surface area contributed by atoms with Crippen LogP contribution in [0.25, 0.3) is 0 Å². The van der Waals surface area contributed by atoms with Crippen LogP contribution in [0.4, 0.5) is 0 Å². The number of nitrogens with zero attached hydrogens (tertiary/aromatic N) is 3. The smallest absolute Gasteiger partial charge is 0.236 e. The Bertz CT molecular complexity index is 375. The summed E-state index contributed by atoms with van der Waals surface area (Å²) in [7, 11) is 2.14. The summed E-state index contributed by atoms with van der Waals surface area (Å²) in [5, 5.41) is 10.7. The van der Waals surface area contributed by atoms with Crippen molar-refractivity contribution in [1.82, 2.24) is 14.7 Å². The SMILES string of the molecule is CC(C)[C@]1(O)CN(C(=O)CN2CCCN(C)CC2)C[C@H]1C. The molecule has 5 heteroatoms. The molecule has 0 aromatic heterocycles. The maximum absolute atomic E-state index is 12.5. The second-order valence-electron chi connectivity index (χ2n) is 7.25. The van der Waals surface area contributed by atoms with Crippen LogP contribution in [0.15, 0.2) is 0 Å². The number of rotatable bonds is 3. The molecule has 2 rings (SSSR count). The monoisotopic (exact) mass is 297 g/mol. The minimum atomic E-state index is -0.728. The quantitative estimate of drug-likeness (QED) is 0.823. The van der Waals surface area contributed by atoms with E-state index in [1.807, 2.05) is 25.7 Å². The maximum Gasteiger partial charge on any atom is 0.236 e. The number of likely N-dealkylation sites (tertiary alicyclic amines) is 1. The predicted octanol–water partition coefficient (Wildman–Crippen LogP) is 0.489. The first-order valence-electron chi connectivity index (χ1n) is 8.24. The highest BCUT2D eigenvalue weighted by molar-refractivity contribution is 5.78. The number of amides is 1. The van der Waals surface area contributed by atoms with Gasteiger partial charge in [-0.15, -0.1) is 0 Å². The van der Waals surface area contributed by atoms with Crippen molar-refractivity contribution in [2.45, 2.75) is 32.8 Å². The van der Waals surface area contributed by atoms with Crippen molar-refractivity contribution >= 4 is 5.91 Å². The van der Waals surface area contributed by atoms with E-state index in [1.54, 1.807) is 0 Å². The summed E-state index contributed by atoms with van der Waals surface area (Å²) in [6.07, 6.45) is 1.12. The van der Waals surface area contributed by atoms with Gasteiger partial charge in [0, 0.05) is 32.1 Å². The molecule has 0 spiro atoms. The van der Waals surface area contributed by atoms with Crippen molar-refractivity contribution in [3.8, 4) is 0 Å². The van der Waals surface area contributed by atoms with E-state index in [0.717, 1.165) is 32.6 Å². The summed E-state index contributed by atoms with van der Waals surface area (Å²) in [5.74, 6) is 0.497. The Hall–Kier alpha value is -0.650. The largest absolute Gasteiger partial charge is 0.387 e. The zero-order valence-electron chi connectivity index (χ0n) is 14.0. The Morgan fingerprint density at radius 1 is 1.29 bits per heavy atom. The Labute approximate surface area is 128 Å². The van der Waals surface area contributed by atoms with E-state index >= 15 is 0 Å². The third-order valence-electron chi connectivity index (χ3n) is 5.32. The molecule has 2 heterocycles. The third kappa shape index (κ3) is 3.76. The molecule has 1 amide bonds. The van der Waals surface area contributed by atoms with Crippen LogP contribution >= 0.6 is 0 Å². The summed E-state index contributed by atoms with van der Waals surface area (Å²) >= 11 is 0. The zero-order valence-corrected chi connectivity index (χ0v) is 14.0. The molecule has 2 aliphatic rings. The average molecular weight is 297 g/mol. The highest BCUT2D eigenvalue weighted by Gasteiger charge is 2.46. The van der Waals surface area contributed by atoms with E-state index in [9.17, 15) is 9.90 Å². The Morgan fingerprint density at radius 3 is 2.62 bits per heavy atom. The highest BCUT2D eigenvalue weighted by atomic mass is 16.3. The molecule has 0 aliphatic carbocycles. The molecule has 122 valence electrons. The molecule has 0 radical (unpaired) electrons. The van der Waals surface area contributed by atoms with Gasteiger partial charge in [0.1, 0.15) is 0 Å². The Morgan fingerprint density at radius 2 is 2.00 bits per heavy atom. The van der Waals surface area contributed by atoms with Gasteiger partial charge in [-0.2, -0.15) is 0 Å². The fourth-order valence-corrected chi connectivity index (χ4v) is 3.51. The number of hydrogen-bond acceptors (Lipinski definition) is 4. The van der Waals surface area contributed by atoms with Crippen molar-refractivity contribution in [3.05, 3.63) is 0 Å². The van der Waals surface area contributed by atoms with E-state index in [2.05, 4.69) is 16.8 Å². The molecule has 2 atom stereocenters. The van der Waals surface area contributed by atoms with Crippen LogP contribution in [0.5, 0.6) is 0 Å². The van der Waals surface area contributed by atoms with Crippen LogP contribution in [0.2, 0.25) is 0 Å². The number of aliphatic hydroxyl groups is 1. The standard InChI is InChI=1S/C16H31N3O2/c1-13(2)16(21)12-19(10-14(16)3)15(20)11-18-7-5-6-17(4)8-9-18/h13-14,21H,5-12H2,1-4H3/t14-,16-/m1/s1. The van der Waals surface area contributed by atoms with E-state index in [4.69, 9.17) is 0 Å². The summed E-state index contributed by atoms with van der Waals surface area (Å²) in [4.78, 5) is 19.0. The molecule has 5 nitrogen and oxygen atoms in total.